The minimum absolute atomic E-state index is 0.169. The number of hydrogen-bond donors (Lipinski definition) is 0. The lowest BCUT2D eigenvalue weighted by atomic mass is 9.89. The molecule has 0 aliphatic rings. The van der Waals surface area contributed by atoms with E-state index in [1.807, 2.05) is 13.8 Å². The second kappa shape index (κ2) is 5.32. The van der Waals surface area contributed by atoms with Gasteiger partial charge in [-0.3, -0.25) is 0 Å². The van der Waals surface area contributed by atoms with Crippen molar-refractivity contribution in [3.63, 3.8) is 0 Å². The summed E-state index contributed by atoms with van der Waals surface area (Å²) in [5, 5.41) is 12.2. The van der Waals surface area contributed by atoms with Crippen LogP contribution in [0.3, 0.4) is 0 Å². The van der Waals surface area contributed by atoms with E-state index in [-0.39, 0.29) is 5.92 Å². The van der Waals surface area contributed by atoms with Crippen molar-refractivity contribution in [2.45, 2.75) is 46.6 Å². The van der Waals surface area contributed by atoms with Crippen molar-refractivity contribution in [2.75, 3.05) is 0 Å². The molecule has 0 aliphatic carbocycles. The molecule has 1 atom stereocenters. The van der Waals surface area contributed by atoms with Crippen LogP contribution in [0.2, 0.25) is 0 Å². The van der Waals surface area contributed by atoms with Gasteiger partial charge in [-0.2, -0.15) is 0 Å². The van der Waals surface area contributed by atoms with Crippen LogP contribution in [-0.2, 0) is 17.9 Å². The van der Waals surface area contributed by atoms with E-state index >= 15 is 0 Å². The Hall–Kier alpha value is -0.820. The van der Waals surface area contributed by atoms with Gasteiger partial charge in [0, 0.05) is 0 Å². The Morgan fingerprint density at radius 2 is 1.53 bits per heavy atom. The molecule has 1 aromatic rings. The van der Waals surface area contributed by atoms with Crippen LogP contribution in [0.25, 0.3) is 0 Å². The smallest absolute Gasteiger partial charge is 0.121 e. The first-order valence-electron chi connectivity index (χ1n) is 5.88. The first-order valence-corrected chi connectivity index (χ1v) is 5.88. The highest BCUT2D eigenvalue weighted by atomic mass is 16.3. The van der Waals surface area contributed by atoms with Crippen molar-refractivity contribution in [3.8, 4) is 0 Å². The fourth-order valence-electron chi connectivity index (χ4n) is 1.98. The van der Waals surface area contributed by atoms with Gasteiger partial charge in [0.05, 0.1) is 0 Å². The quantitative estimate of drug-likeness (QED) is 0.709. The Kier molecular flexibility index (Phi) is 4.34. The third-order valence-electron chi connectivity index (χ3n) is 2.94. The minimum atomic E-state index is -0.573. The van der Waals surface area contributed by atoms with Crippen LogP contribution >= 0.6 is 0 Å². The van der Waals surface area contributed by atoms with Crippen molar-refractivity contribution < 1.29 is 5.11 Å². The molecular formula is C14H21O. The van der Waals surface area contributed by atoms with Crippen molar-refractivity contribution in [2.24, 2.45) is 5.92 Å². The summed E-state index contributed by atoms with van der Waals surface area (Å²) in [5.41, 5.74) is 3.50. The average Bonchev–Trinajstić information content (AvgIpc) is 2.26. The van der Waals surface area contributed by atoms with E-state index in [9.17, 15) is 5.11 Å². The van der Waals surface area contributed by atoms with Crippen LogP contribution in [0, 0.1) is 5.92 Å². The zero-order valence-corrected chi connectivity index (χ0v) is 10.2. The Labute approximate surface area is 93.1 Å². The molecule has 0 spiro atoms. The molecule has 0 heterocycles. The molecule has 0 bridgehead atoms. The van der Waals surface area contributed by atoms with Crippen LogP contribution in [0.15, 0.2) is 18.2 Å². The molecule has 0 saturated heterocycles. The normalized spacial score (nSPS) is 13.2. The molecule has 83 valence electrons. The maximum absolute atomic E-state index is 12.2. The maximum Gasteiger partial charge on any atom is 0.121 e. The molecule has 0 amide bonds. The van der Waals surface area contributed by atoms with E-state index in [0.29, 0.717) is 0 Å². The number of benzene rings is 1. The molecule has 1 heteroatoms. The van der Waals surface area contributed by atoms with Crippen molar-refractivity contribution in [1.82, 2.24) is 0 Å². The summed E-state index contributed by atoms with van der Waals surface area (Å²) < 4.78 is 0. The van der Waals surface area contributed by atoms with Gasteiger partial charge >= 0.3 is 0 Å². The topological polar surface area (TPSA) is 19.9 Å². The minimum Gasteiger partial charge on any atom is -0.228 e. The molecule has 1 nitrogen and oxygen atoms in total. The highest BCUT2D eigenvalue weighted by Gasteiger charge is 2.19. The third-order valence-corrected chi connectivity index (χ3v) is 2.94. The van der Waals surface area contributed by atoms with E-state index < -0.39 is 6.10 Å². The van der Waals surface area contributed by atoms with Gasteiger partial charge in [-0.15, -0.1) is 0 Å². The Bertz CT molecular complexity index is 293. The van der Waals surface area contributed by atoms with Crippen LogP contribution in [0.5, 0.6) is 0 Å². The SMILES string of the molecule is CCc1cccc(CC)c1C([O])C(C)C. The van der Waals surface area contributed by atoms with Crippen LogP contribution in [0.1, 0.15) is 50.5 Å². The monoisotopic (exact) mass is 205 g/mol. The van der Waals surface area contributed by atoms with E-state index in [0.717, 1.165) is 18.4 Å². The number of aryl methyl sites for hydroxylation is 2. The van der Waals surface area contributed by atoms with E-state index in [2.05, 4.69) is 32.0 Å². The largest absolute Gasteiger partial charge is 0.228 e. The summed E-state index contributed by atoms with van der Waals surface area (Å²) in [6.07, 6.45) is 1.33. The zero-order chi connectivity index (χ0) is 11.4. The third kappa shape index (κ3) is 2.60. The van der Waals surface area contributed by atoms with E-state index in [1.54, 1.807) is 0 Å². The van der Waals surface area contributed by atoms with Gasteiger partial charge in [0.2, 0.25) is 0 Å². The highest BCUT2D eigenvalue weighted by Crippen LogP contribution is 2.29. The summed E-state index contributed by atoms with van der Waals surface area (Å²) in [6, 6.07) is 6.23. The zero-order valence-electron chi connectivity index (χ0n) is 10.2. The lowest BCUT2D eigenvalue weighted by Crippen LogP contribution is -2.10. The number of hydrogen-bond acceptors (Lipinski definition) is 0. The Morgan fingerprint density at radius 1 is 1.07 bits per heavy atom. The molecule has 15 heavy (non-hydrogen) atoms. The lowest BCUT2D eigenvalue weighted by molar-refractivity contribution is 0.0474. The van der Waals surface area contributed by atoms with Gasteiger partial charge in [-0.25, -0.2) is 5.11 Å². The molecule has 0 N–H and O–H groups in total. The first-order chi connectivity index (χ1) is 7.11. The summed E-state index contributed by atoms with van der Waals surface area (Å²) in [4.78, 5) is 0. The molecule has 0 aliphatic heterocycles. The van der Waals surface area contributed by atoms with E-state index in [4.69, 9.17) is 0 Å². The fraction of sp³-hybridized carbons (Fsp3) is 0.571. The van der Waals surface area contributed by atoms with Gasteiger partial charge in [0.15, 0.2) is 0 Å². The predicted molar refractivity (Wildman–Crippen MR) is 63.5 cm³/mol. The standard InChI is InChI=1S/C14H21O/c1-5-11-8-7-9-12(6-2)13(11)14(15)10(3)4/h7-10,14H,5-6H2,1-4H3. The van der Waals surface area contributed by atoms with Gasteiger partial charge in [0.1, 0.15) is 6.10 Å². The second-order valence-electron chi connectivity index (χ2n) is 4.36. The molecular weight excluding hydrogens is 184 g/mol. The van der Waals surface area contributed by atoms with Crippen LogP contribution in [0.4, 0.5) is 0 Å². The van der Waals surface area contributed by atoms with Crippen LogP contribution in [-0.4, -0.2) is 0 Å². The van der Waals surface area contributed by atoms with Gasteiger partial charge in [0.25, 0.3) is 0 Å². The van der Waals surface area contributed by atoms with Gasteiger partial charge in [-0.05, 0) is 35.4 Å². The summed E-state index contributed by atoms with van der Waals surface area (Å²) >= 11 is 0. The molecule has 1 rings (SSSR count). The summed E-state index contributed by atoms with van der Waals surface area (Å²) in [7, 11) is 0. The van der Waals surface area contributed by atoms with Crippen molar-refractivity contribution >= 4 is 0 Å². The molecule has 0 saturated carbocycles. The summed E-state index contributed by atoms with van der Waals surface area (Å²) in [5.74, 6) is 0.169. The molecule has 1 unspecified atom stereocenters. The Balaban J connectivity index is 3.21. The van der Waals surface area contributed by atoms with E-state index in [1.165, 1.54) is 11.1 Å². The lowest BCUT2D eigenvalue weighted by Gasteiger charge is -2.19. The molecule has 0 fully saturated rings. The number of rotatable bonds is 4. The Morgan fingerprint density at radius 3 is 1.87 bits per heavy atom. The molecule has 1 aromatic carbocycles. The van der Waals surface area contributed by atoms with Gasteiger partial charge < -0.3 is 0 Å². The first kappa shape index (κ1) is 12.3. The molecule has 0 aromatic heterocycles. The second-order valence-corrected chi connectivity index (χ2v) is 4.36. The molecule has 1 radical (unpaired) electrons. The fourth-order valence-corrected chi connectivity index (χ4v) is 1.98. The maximum atomic E-state index is 12.2. The van der Waals surface area contributed by atoms with Crippen LogP contribution < -0.4 is 0 Å². The van der Waals surface area contributed by atoms with Crippen molar-refractivity contribution in [1.29, 1.82) is 0 Å². The van der Waals surface area contributed by atoms with Gasteiger partial charge in [-0.1, -0.05) is 45.9 Å². The summed E-state index contributed by atoms with van der Waals surface area (Å²) in [6.45, 7) is 8.24. The van der Waals surface area contributed by atoms with Crippen molar-refractivity contribution in [3.05, 3.63) is 34.9 Å². The average molecular weight is 205 g/mol. The predicted octanol–water partition coefficient (Wildman–Crippen LogP) is 3.94. The highest BCUT2D eigenvalue weighted by molar-refractivity contribution is 5.37.